The van der Waals surface area contributed by atoms with Crippen LogP contribution in [0.15, 0.2) is 44.2 Å². The van der Waals surface area contributed by atoms with Gasteiger partial charge in [0, 0.05) is 14.6 Å². The number of nitrogen functional groups attached to an aromatic ring is 1. The molecule has 2 rings (SSSR count). The van der Waals surface area contributed by atoms with Crippen LogP contribution in [0, 0.1) is 11.6 Å². The van der Waals surface area contributed by atoms with E-state index in [1.54, 1.807) is 0 Å². The molecule has 21 heavy (non-hydrogen) atoms. The number of nitrogens with two attached hydrogens (primary N) is 1. The Morgan fingerprint density at radius 3 is 2.24 bits per heavy atom. The fourth-order valence-corrected chi connectivity index (χ4v) is 5.30. The first-order valence-electron chi connectivity index (χ1n) is 5.43. The molecule has 0 unspecified atom stereocenters. The lowest BCUT2D eigenvalue weighted by molar-refractivity contribution is 0.511. The Hall–Kier alpha value is -1.19. The number of halogens is 4. The van der Waals surface area contributed by atoms with Gasteiger partial charge in [-0.3, -0.25) is 4.72 Å². The second-order valence-electron chi connectivity index (χ2n) is 4.02. The zero-order chi connectivity index (χ0) is 15.8. The predicted molar refractivity (Wildman–Crippen MR) is 83.4 cm³/mol. The molecular formula is C12H8Br2F2N2O2S. The van der Waals surface area contributed by atoms with E-state index in [1.165, 1.54) is 18.2 Å². The Morgan fingerprint density at radius 2 is 1.67 bits per heavy atom. The highest BCUT2D eigenvalue weighted by Crippen LogP contribution is 2.34. The Kier molecular flexibility index (Phi) is 4.54. The molecule has 0 saturated heterocycles. The third kappa shape index (κ3) is 3.35. The number of benzene rings is 2. The van der Waals surface area contributed by atoms with Gasteiger partial charge in [-0.25, -0.2) is 17.2 Å². The molecule has 0 saturated carbocycles. The summed E-state index contributed by atoms with van der Waals surface area (Å²) in [7, 11) is -4.14. The Balaban J connectivity index is 2.51. The maximum Gasteiger partial charge on any atom is 0.264 e. The van der Waals surface area contributed by atoms with E-state index in [0.717, 1.165) is 12.1 Å². The molecule has 0 heterocycles. The van der Waals surface area contributed by atoms with E-state index >= 15 is 0 Å². The molecule has 2 aromatic rings. The van der Waals surface area contributed by atoms with Crippen molar-refractivity contribution in [2.24, 2.45) is 0 Å². The summed E-state index contributed by atoms with van der Waals surface area (Å²) in [5.74, 6) is -2.42. The highest BCUT2D eigenvalue weighted by molar-refractivity contribution is 9.11. The largest absolute Gasteiger partial charge is 0.399 e. The molecule has 4 nitrogen and oxygen atoms in total. The normalized spacial score (nSPS) is 11.4. The average Bonchev–Trinajstić information content (AvgIpc) is 2.33. The van der Waals surface area contributed by atoms with Gasteiger partial charge in [0.25, 0.3) is 10.0 Å². The van der Waals surface area contributed by atoms with Crippen LogP contribution in [0.1, 0.15) is 0 Å². The molecule has 0 bridgehead atoms. The molecule has 3 N–H and O–H groups in total. The van der Waals surface area contributed by atoms with Crippen molar-refractivity contribution < 1.29 is 17.2 Å². The lowest BCUT2D eigenvalue weighted by Gasteiger charge is -2.12. The van der Waals surface area contributed by atoms with Crippen LogP contribution in [0.25, 0.3) is 0 Å². The van der Waals surface area contributed by atoms with Gasteiger partial charge in [0.2, 0.25) is 0 Å². The van der Waals surface area contributed by atoms with Crippen molar-refractivity contribution in [3.05, 3.63) is 50.9 Å². The number of anilines is 2. The van der Waals surface area contributed by atoms with Gasteiger partial charge in [-0.1, -0.05) is 6.07 Å². The molecule has 9 heteroatoms. The van der Waals surface area contributed by atoms with Crippen LogP contribution in [0.5, 0.6) is 0 Å². The van der Waals surface area contributed by atoms with Gasteiger partial charge >= 0.3 is 0 Å². The third-order valence-corrected chi connectivity index (χ3v) is 5.73. The summed E-state index contributed by atoms with van der Waals surface area (Å²) in [6.45, 7) is 0. The Bertz CT molecular complexity index is 790. The van der Waals surface area contributed by atoms with Crippen molar-refractivity contribution in [2.75, 3.05) is 10.5 Å². The van der Waals surface area contributed by atoms with Gasteiger partial charge in [0.1, 0.15) is 4.90 Å². The third-order valence-electron chi connectivity index (χ3n) is 2.49. The standard InChI is InChI=1S/C12H8Br2F2N2O2S/c13-7-4-6(17)5-8(14)12(7)21(19,20)18-10-3-1-2-9(15)11(10)16/h1-5,18H,17H2. The summed E-state index contributed by atoms with van der Waals surface area (Å²) in [5, 5.41) is 0. The molecule has 0 atom stereocenters. The van der Waals surface area contributed by atoms with E-state index < -0.39 is 27.3 Å². The Morgan fingerprint density at radius 1 is 1.10 bits per heavy atom. The van der Waals surface area contributed by atoms with Crippen LogP contribution < -0.4 is 10.5 Å². The zero-order valence-electron chi connectivity index (χ0n) is 10.2. The van der Waals surface area contributed by atoms with Crippen LogP contribution in [0.3, 0.4) is 0 Å². The number of rotatable bonds is 3. The summed E-state index contributed by atoms with van der Waals surface area (Å²) in [6.07, 6.45) is 0. The lowest BCUT2D eigenvalue weighted by Crippen LogP contribution is -2.15. The molecule has 0 aliphatic rings. The molecule has 0 aromatic heterocycles. The molecule has 0 spiro atoms. The van der Waals surface area contributed by atoms with Crippen LogP contribution in [0.4, 0.5) is 20.2 Å². The first kappa shape index (κ1) is 16.2. The molecule has 0 radical (unpaired) electrons. The molecule has 0 aliphatic carbocycles. The smallest absolute Gasteiger partial charge is 0.264 e. The van der Waals surface area contributed by atoms with Gasteiger partial charge in [-0.15, -0.1) is 0 Å². The number of hydrogen-bond donors (Lipinski definition) is 2. The Labute approximate surface area is 136 Å². The van der Waals surface area contributed by atoms with Crippen molar-refractivity contribution in [1.29, 1.82) is 0 Å². The highest BCUT2D eigenvalue weighted by atomic mass is 79.9. The van der Waals surface area contributed by atoms with Crippen molar-refractivity contribution >= 4 is 53.3 Å². The molecule has 2 aromatic carbocycles. The minimum Gasteiger partial charge on any atom is -0.399 e. The van der Waals surface area contributed by atoms with Crippen LogP contribution in [0.2, 0.25) is 0 Å². The molecular weight excluding hydrogens is 434 g/mol. The second kappa shape index (κ2) is 5.90. The van der Waals surface area contributed by atoms with E-state index in [1.807, 2.05) is 4.72 Å². The molecule has 0 amide bonds. The minimum absolute atomic E-state index is 0.166. The zero-order valence-corrected chi connectivity index (χ0v) is 14.2. The van der Waals surface area contributed by atoms with Crippen molar-refractivity contribution in [2.45, 2.75) is 4.90 Å². The molecule has 112 valence electrons. The van der Waals surface area contributed by atoms with Crippen molar-refractivity contribution in [3.63, 3.8) is 0 Å². The first-order valence-corrected chi connectivity index (χ1v) is 8.50. The van der Waals surface area contributed by atoms with Gasteiger partial charge in [0.05, 0.1) is 5.69 Å². The maximum atomic E-state index is 13.6. The van der Waals surface area contributed by atoms with Gasteiger partial charge < -0.3 is 5.73 Å². The lowest BCUT2D eigenvalue weighted by atomic mass is 10.3. The SMILES string of the molecule is Nc1cc(Br)c(S(=O)(=O)Nc2cccc(F)c2F)c(Br)c1. The quantitative estimate of drug-likeness (QED) is 0.710. The van der Waals surface area contributed by atoms with E-state index in [2.05, 4.69) is 31.9 Å². The fraction of sp³-hybridized carbons (Fsp3) is 0. The number of nitrogens with one attached hydrogen (secondary N) is 1. The number of hydrogen-bond acceptors (Lipinski definition) is 3. The van der Waals surface area contributed by atoms with Crippen LogP contribution >= 0.6 is 31.9 Å². The summed E-state index contributed by atoms with van der Waals surface area (Å²) >= 11 is 6.17. The van der Waals surface area contributed by atoms with Gasteiger partial charge in [0.15, 0.2) is 11.6 Å². The summed E-state index contributed by atoms with van der Waals surface area (Å²) in [5.41, 5.74) is 5.44. The minimum atomic E-state index is -4.14. The van der Waals surface area contributed by atoms with E-state index in [4.69, 9.17) is 5.73 Å². The first-order chi connectivity index (χ1) is 9.72. The predicted octanol–water partition coefficient (Wildman–Crippen LogP) is 3.87. The average molecular weight is 442 g/mol. The van der Waals surface area contributed by atoms with Crippen molar-refractivity contribution in [3.8, 4) is 0 Å². The second-order valence-corrected chi connectivity index (χ2v) is 7.35. The van der Waals surface area contributed by atoms with E-state index in [9.17, 15) is 17.2 Å². The fourth-order valence-electron chi connectivity index (χ4n) is 1.61. The maximum absolute atomic E-state index is 13.6. The van der Waals surface area contributed by atoms with Crippen LogP contribution in [-0.2, 0) is 10.0 Å². The highest BCUT2D eigenvalue weighted by Gasteiger charge is 2.23. The number of sulfonamides is 1. The van der Waals surface area contributed by atoms with E-state index in [0.29, 0.717) is 5.69 Å². The molecule has 0 aliphatic heterocycles. The molecule has 0 fully saturated rings. The van der Waals surface area contributed by atoms with Crippen molar-refractivity contribution in [1.82, 2.24) is 0 Å². The topological polar surface area (TPSA) is 72.2 Å². The van der Waals surface area contributed by atoms with E-state index in [-0.39, 0.29) is 13.8 Å². The van der Waals surface area contributed by atoms with Crippen LogP contribution in [-0.4, -0.2) is 8.42 Å². The van der Waals surface area contributed by atoms with Gasteiger partial charge in [-0.05, 0) is 56.1 Å². The van der Waals surface area contributed by atoms with Gasteiger partial charge in [-0.2, -0.15) is 0 Å². The monoisotopic (exact) mass is 440 g/mol. The summed E-state index contributed by atoms with van der Waals surface area (Å²) in [4.78, 5) is -0.166. The summed E-state index contributed by atoms with van der Waals surface area (Å²) in [6, 6.07) is 5.99. The summed E-state index contributed by atoms with van der Waals surface area (Å²) < 4.78 is 53.7.